The highest BCUT2D eigenvalue weighted by atomic mass is 32.2. The van der Waals surface area contributed by atoms with Gasteiger partial charge in [-0.2, -0.15) is 0 Å². The Morgan fingerprint density at radius 2 is 2.44 bits per heavy atom. The molecule has 0 aromatic carbocycles. The number of hydrogen-bond acceptors (Lipinski definition) is 4. The number of likely N-dealkylation sites (tertiary alicyclic amines) is 1. The standard InChI is InChI=1S/C10H10N2O3S/c13-8-5-9(12(8)10(14)15)16-6-7-3-1-2-4-11-7/h1-4,9H,5-6H2,(H,14,15). The van der Waals surface area contributed by atoms with Crippen molar-refractivity contribution in [1.82, 2.24) is 9.88 Å². The van der Waals surface area contributed by atoms with E-state index in [1.165, 1.54) is 11.8 Å². The van der Waals surface area contributed by atoms with E-state index in [-0.39, 0.29) is 11.3 Å². The number of aromatic nitrogens is 1. The number of hydrogen-bond donors (Lipinski definition) is 1. The van der Waals surface area contributed by atoms with Crippen molar-refractivity contribution in [1.29, 1.82) is 0 Å². The Labute approximate surface area is 96.5 Å². The molecule has 1 fully saturated rings. The smallest absolute Gasteiger partial charge is 0.415 e. The molecule has 1 saturated heterocycles. The summed E-state index contributed by atoms with van der Waals surface area (Å²) in [4.78, 5) is 26.7. The van der Waals surface area contributed by atoms with Crippen molar-refractivity contribution in [3.05, 3.63) is 30.1 Å². The van der Waals surface area contributed by atoms with E-state index in [4.69, 9.17) is 5.11 Å². The van der Waals surface area contributed by atoms with E-state index in [1.54, 1.807) is 6.20 Å². The molecule has 0 aliphatic carbocycles. The van der Waals surface area contributed by atoms with Gasteiger partial charge in [-0.05, 0) is 12.1 Å². The first-order chi connectivity index (χ1) is 7.68. The summed E-state index contributed by atoms with van der Waals surface area (Å²) in [5, 5.41) is 8.49. The number of imide groups is 1. The molecule has 0 saturated carbocycles. The number of rotatable bonds is 3. The summed E-state index contributed by atoms with van der Waals surface area (Å²) in [5.41, 5.74) is 0.886. The third-order valence-corrected chi connectivity index (χ3v) is 3.49. The first-order valence-electron chi connectivity index (χ1n) is 4.75. The van der Waals surface area contributed by atoms with Gasteiger partial charge in [0, 0.05) is 11.9 Å². The Hall–Kier alpha value is -1.56. The molecule has 5 nitrogen and oxygen atoms in total. The Kier molecular flexibility index (Phi) is 3.09. The highest BCUT2D eigenvalue weighted by Gasteiger charge is 2.41. The van der Waals surface area contributed by atoms with Crippen LogP contribution in [-0.4, -0.2) is 32.4 Å². The highest BCUT2D eigenvalue weighted by Crippen LogP contribution is 2.31. The van der Waals surface area contributed by atoms with Crippen LogP contribution in [0.4, 0.5) is 4.79 Å². The van der Waals surface area contributed by atoms with Crippen molar-refractivity contribution >= 4 is 23.8 Å². The largest absolute Gasteiger partial charge is 0.465 e. The third-order valence-electron chi connectivity index (χ3n) is 2.26. The molecule has 84 valence electrons. The fraction of sp³-hybridized carbons (Fsp3) is 0.300. The van der Waals surface area contributed by atoms with Crippen LogP contribution in [0.1, 0.15) is 12.1 Å². The van der Waals surface area contributed by atoms with E-state index in [9.17, 15) is 9.59 Å². The van der Waals surface area contributed by atoms with Crippen LogP contribution in [0.2, 0.25) is 0 Å². The van der Waals surface area contributed by atoms with Crippen LogP contribution in [-0.2, 0) is 10.5 Å². The summed E-state index contributed by atoms with van der Waals surface area (Å²) in [5.74, 6) is 0.286. The molecule has 2 heterocycles. The molecule has 0 radical (unpaired) electrons. The van der Waals surface area contributed by atoms with Gasteiger partial charge in [0.25, 0.3) is 0 Å². The number of pyridine rings is 1. The molecule has 1 aliphatic heterocycles. The van der Waals surface area contributed by atoms with Crippen LogP contribution >= 0.6 is 11.8 Å². The number of nitrogens with zero attached hydrogens (tertiary/aromatic N) is 2. The summed E-state index contributed by atoms with van der Waals surface area (Å²) < 4.78 is 0. The maximum Gasteiger partial charge on any atom is 0.415 e. The second-order valence-electron chi connectivity index (χ2n) is 3.34. The van der Waals surface area contributed by atoms with Crippen molar-refractivity contribution in [3.8, 4) is 0 Å². The van der Waals surface area contributed by atoms with Gasteiger partial charge in [-0.3, -0.25) is 9.78 Å². The normalized spacial score (nSPS) is 19.4. The van der Waals surface area contributed by atoms with Crippen molar-refractivity contribution in [2.75, 3.05) is 0 Å². The van der Waals surface area contributed by atoms with E-state index < -0.39 is 6.09 Å². The topological polar surface area (TPSA) is 70.5 Å². The minimum absolute atomic E-state index is 0.257. The molecule has 1 aliphatic rings. The quantitative estimate of drug-likeness (QED) is 0.809. The molecule has 1 aromatic heterocycles. The van der Waals surface area contributed by atoms with Crippen LogP contribution in [0.25, 0.3) is 0 Å². The van der Waals surface area contributed by atoms with Crippen LogP contribution in [0.3, 0.4) is 0 Å². The van der Waals surface area contributed by atoms with Gasteiger partial charge in [0.05, 0.1) is 17.5 Å². The third kappa shape index (κ3) is 2.16. The summed E-state index contributed by atoms with van der Waals surface area (Å²) in [6, 6.07) is 5.58. The second kappa shape index (κ2) is 4.52. The first kappa shape index (κ1) is 10.9. The van der Waals surface area contributed by atoms with Crippen LogP contribution in [0, 0.1) is 0 Å². The molecule has 2 rings (SSSR count). The zero-order chi connectivity index (χ0) is 11.5. The zero-order valence-corrected chi connectivity index (χ0v) is 9.18. The van der Waals surface area contributed by atoms with Gasteiger partial charge < -0.3 is 5.11 Å². The molecule has 1 atom stereocenters. The molecule has 1 aromatic rings. The van der Waals surface area contributed by atoms with E-state index >= 15 is 0 Å². The molecule has 0 spiro atoms. The fourth-order valence-corrected chi connectivity index (χ4v) is 2.57. The Balaban J connectivity index is 1.88. The van der Waals surface area contributed by atoms with Gasteiger partial charge in [0.1, 0.15) is 0 Å². The minimum Gasteiger partial charge on any atom is -0.465 e. The highest BCUT2D eigenvalue weighted by molar-refractivity contribution is 7.99. The van der Waals surface area contributed by atoms with Gasteiger partial charge in [-0.25, -0.2) is 9.69 Å². The average molecular weight is 238 g/mol. The van der Waals surface area contributed by atoms with E-state index in [0.29, 0.717) is 12.2 Å². The van der Waals surface area contributed by atoms with Gasteiger partial charge in [0.2, 0.25) is 5.91 Å². The molecule has 0 bridgehead atoms. The van der Waals surface area contributed by atoms with Crippen LogP contribution < -0.4 is 0 Å². The van der Waals surface area contributed by atoms with Gasteiger partial charge >= 0.3 is 6.09 Å². The Bertz CT molecular complexity index is 402. The van der Waals surface area contributed by atoms with Crippen molar-refractivity contribution in [3.63, 3.8) is 0 Å². The lowest BCUT2D eigenvalue weighted by atomic mass is 10.2. The lowest BCUT2D eigenvalue weighted by molar-refractivity contribution is -0.138. The van der Waals surface area contributed by atoms with E-state index in [2.05, 4.69) is 4.98 Å². The predicted octanol–water partition coefficient (Wildman–Crippen LogP) is 1.55. The van der Waals surface area contributed by atoms with Crippen LogP contribution in [0.5, 0.6) is 0 Å². The Morgan fingerprint density at radius 1 is 1.62 bits per heavy atom. The minimum atomic E-state index is -1.17. The maximum atomic E-state index is 11.0. The van der Waals surface area contributed by atoms with Gasteiger partial charge in [-0.15, -0.1) is 11.8 Å². The summed E-state index contributed by atoms with van der Waals surface area (Å²) in [7, 11) is 0. The molecule has 1 unspecified atom stereocenters. The fourth-order valence-electron chi connectivity index (χ4n) is 1.42. The second-order valence-corrected chi connectivity index (χ2v) is 4.50. The number of carboxylic acid groups (broad SMARTS) is 1. The number of carbonyl (C=O) groups is 2. The van der Waals surface area contributed by atoms with Crippen molar-refractivity contribution in [2.45, 2.75) is 17.5 Å². The molecule has 16 heavy (non-hydrogen) atoms. The number of amides is 2. The average Bonchev–Trinajstić information content (AvgIpc) is 2.24. The Morgan fingerprint density at radius 3 is 3.00 bits per heavy atom. The number of thioether (sulfide) groups is 1. The van der Waals surface area contributed by atoms with Crippen molar-refractivity contribution in [2.24, 2.45) is 0 Å². The first-order valence-corrected chi connectivity index (χ1v) is 5.80. The molecule has 1 N–H and O–H groups in total. The van der Waals surface area contributed by atoms with Gasteiger partial charge in [-0.1, -0.05) is 6.07 Å². The lowest BCUT2D eigenvalue weighted by Gasteiger charge is -2.35. The monoisotopic (exact) mass is 238 g/mol. The van der Waals surface area contributed by atoms with Gasteiger partial charge in [0.15, 0.2) is 0 Å². The summed E-state index contributed by atoms with van der Waals surface area (Å²) in [6.45, 7) is 0. The molecular formula is C10H10N2O3S. The molecule has 6 heteroatoms. The summed E-state index contributed by atoms with van der Waals surface area (Å²) in [6.07, 6.45) is 0.815. The predicted molar refractivity (Wildman–Crippen MR) is 58.8 cm³/mol. The lowest BCUT2D eigenvalue weighted by Crippen LogP contribution is -2.53. The maximum absolute atomic E-state index is 11.0. The zero-order valence-electron chi connectivity index (χ0n) is 8.37. The number of β-lactam (4-membered cyclic amide) rings is 1. The van der Waals surface area contributed by atoms with Crippen molar-refractivity contribution < 1.29 is 14.7 Å². The van der Waals surface area contributed by atoms with Crippen LogP contribution in [0.15, 0.2) is 24.4 Å². The SMILES string of the molecule is O=C(O)N1C(=O)CC1SCc1ccccn1. The molecule has 2 amide bonds. The number of carbonyl (C=O) groups excluding carboxylic acids is 1. The van der Waals surface area contributed by atoms with E-state index in [0.717, 1.165) is 10.6 Å². The molecular weight excluding hydrogens is 228 g/mol. The summed E-state index contributed by atoms with van der Waals surface area (Å²) >= 11 is 1.42. The van der Waals surface area contributed by atoms with E-state index in [1.807, 2.05) is 18.2 Å².